The number of carbonyl (C=O) groups is 1. The molecule has 1 unspecified atom stereocenters. The summed E-state index contributed by atoms with van der Waals surface area (Å²) < 4.78 is 0. The molecule has 0 aromatic heterocycles. The molecule has 0 aliphatic heterocycles. The van der Waals surface area contributed by atoms with E-state index in [9.17, 15) is 9.90 Å². The lowest BCUT2D eigenvalue weighted by atomic mass is 9.94. The molecule has 1 amide bonds. The highest BCUT2D eigenvalue weighted by Crippen LogP contribution is 2.22. The summed E-state index contributed by atoms with van der Waals surface area (Å²) in [5.74, 6) is 0.210. The minimum Gasteiger partial charge on any atom is -0.399 e. The fraction of sp³-hybridized carbons (Fsp3) is 0.533. The minimum atomic E-state index is -0.835. The van der Waals surface area contributed by atoms with Crippen LogP contribution in [0.2, 0.25) is 0 Å². The molecule has 5 heteroatoms. The molecule has 112 valence electrons. The van der Waals surface area contributed by atoms with Crippen molar-refractivity contribution >= 4 is 17.3 Å². The molecule has 0 radical (unpaired) electrons. The molecule has 0 aliphatic rings. The van der Waals surface area contributed by atoms with E-state index in [0.717, 1.165) is 0 Å². The Morgan fingerprint density at radius 3 is 2.65 bits per heavy atom. The number of hydrogen-bond acceptors (Lipinski definition) is 4. The van der Waals surface area contributed by atoms with Crippen molar-refractivity contribution in [1.82, 2.24) is 5.32 Å². The number of rotatable bonds is 6. The molecule has 20 heavy (non-hydrogen) atoms. The van der Waals surface area contributed by atoms with Gasteiger partial charge in [-0.15, -0.1) is 0 Å². The van der Waals surface area contributed by atoms with Gasteiger partial charge in [0.2, 0.25) is 0 Å². The van der Waals surface area contributed by atoms with Gasteiger partial charge in [-0.3, -0.25) is 4.79 Å². The van der Waals surface area contributed by atoms with Crippen LogP contribution in [0.3, 0.4) is 0 Å². The van der Waals surface area contributed by atoms with E-state index in [-0.39, 0.29) is 5.91 Å². The standard InChI is InChI=1S/C15H25N3O2/c1-10(2)8-15(3,20)9-18-13-7-11(16)5-6-12(13)14(19)17-4/h5-7,10,18,20H,8-9,16H2,1-4H3,(H,17,19). The van der Waals surface area contributed by atoms with Crippen LogP contribution < -0.4 is 16.4 Å². The van der Waals surface area contributed by atoms with E-state index >= 15 is 0 Å². The number of nitrogens with one attached hydrogen (secondary N) is 2. The highest BCUT2D eigenvalue weighted by atomic mass is 16.3. The van der Waals surface area contributed by atoms with E-state index < -0.39 is 5.60 Å². The van der Waals surface area contributed by atoms with Gasteiger partial charge in [0.05, 0.1) is 11.2 Å². The first-order chi connectivity index (χ1) is 9.25. The Hall–Kier alpha value is -1.75. The maximum atomic E-state index is 11.8. The fourth-order valence-electron chi connectivity index (χ4n) is 2.28. The maximum Gasteiger partial charge on any atom is 0.253 e. The zero-order valence-electron chi connectivity index (χ0n) is 12.7. The Morgan fingerprint density at radius 1 is 1.45 bits per heavy atom. The SMILES string of the molecule is CNC(=O)c1ccc(N)cc1NCC(C)(O)CC(C)C. The molecule has 1 rings (SSSR count). The average molecular weight is 279 g/mol. The Bertz CT molecular complexity index is 470. The van der Waals surface area contributed by atoms with Gasteiger partial charge in [-0.25, -0.2) is 0 Å². The summed E-state index contributed by atoms with van der Waals surface area (Å²) in [4.78, 5) is 11.8. The highest BCUT2D eigenvalue weighted by Gasteiger charge is 2.22. The molecule has 0 spiro atoms. The van der Waals surface area contributed by atoms with Gasteiger partial charge in [-0.05, 0) is 37.5 Å². The number of hydrogen-bond donors (Lipinski definition) is 4. The molecule has 0 aliphatic carbocycles. The van der Waals surface area contributed by atoms with Crippen molar-refractivity contribution in [3.8, 4) is 0 Å². The third kappa shape index (κ3) is 4.74. The van der Waals surface area contributed by atoms with Gasteiger partial charge in [0, 0.05) is 25.0 Å². The summed E-state index contributed by atoms with van der Waals surface area (Å²) in [7, 11) is 1.58. The number of amides is 1. The van der Waals surface area contributed by atoms with Crippen LogP contribution in [-0.2, 0) is 0 Å². The molecule has 0 bridgehead atoms. The van der Waals surface area contributed by atoms with Crippen LogP contribution in [0.15, 0.2) is 18.2 Å². The number of anilines is 2. The van der Waals surface area contributed by atoms with Crippen molar-refractivity contribution < 1.29 is 9.90 Å². The normalized spacial score (nSPS) is 13.9. The predicted molar refractivity (Wildman–Crippen MR) is 82.8 cm³/mol. The van der Waals surface area contributed by atoms with Crippen molar-refractivity contribution in [2.24, 2.45) is 5.92 Å². The Morgan fingerprint density at radius 2 is 2.10 bits per heavy atom. The summed E-state index contributed by atoms with van der Waals surface area (Å²) in [6, 6.07) is 5.06. The molecule has 5 nitrogen and oxygen atoms in total. The second kappa shape index (κ2) is 6.61. The van der Waals surface area contributed by atoms with Gasteiger partial charge >= 0.3 is 0 Å². The summed E-state index contributed by atoms with van der Waals surface area (Å²) in [5, 5.41) is 16.0. The first kappa shape index (κ1) is 16.3. The quantitative estimate of drug-likeness (QED) is 0.598. The Balaban J connectivity index is 2.86. The molecule has 1 atom stereocenters. The lowest BCUT2D eigenvalue weighted by Gasteiger charge is -2.26. The molecule has 1 aromatic carbocycles. The summed E-state index contributed by atoms with van der Waals surface area (Å²) in [6.45, 7) is 6.26. The lowest BCUT2D eigenvalue weighted by Crippen LogP contribution is -2.35. The van der Waals surface area contributed by atoms with Gasteiger partial charge < -0.3 is 21.5 Å². The van der Waals surface area contributed by atoms with Crippen molar-refractivity contribution in [1.29, 1.82) is 0 Å². The largest absolute Gasteiger partial charge is 0.399 e. The predicted octanol–water partition coefficient (Wildman–Crippen LogP) is 1.84. The van der Waals surface area contributed by atoms with Crippen LogP contribution in [0.1, 0.15) is 37.6 Å². The summed E-state index contributed by atoms with van der Waals surface area (Å²) >= 11 is 0. The van der Waals surface area contributed by atoms with Gasteiger partial charge in [-0.2, -0.15) is 0 Å². The molecular formula is C15H25N3O2. The van der Waals surface area contributed by atoms with Crippen LogP contribution >= 0.6 is 0 Å². The maximum absolute atomic E-state index is 11.8. The van der Waals surface area contributed by atoms with E-state index in [4.69, 9.17) is 5.73 Å². The van der Waals surface area contributed by atoms with Crippen LogP contribution in [0.5, 0.6) is 0 Å². The van der Waals surface area contributed by atoms with Gasteiger partial charge in [0.1, 0.15) is 0 Å². The average Bonchev–Trinajstić information content (AvgIpc) is 2.34. The highest BCUT2D eigenvalue weighted by molar-refractivity contribution is 6.00. The van der Waals surface area contributed by atoms with Crippen LogP contribution in [0, 0.1) is 5.92 Å². The Labute approximate surface area is 120 Å². The second-order valence-corrected chi connectivity index (χ2v) is 5.83. The molecular weight excluding hydrogens is 254 g/mol. The van der Waals surface area contributed by atoms with E-state index in [1.165, 1.54) is 0 Å². The van der Waals surface area contributed by atoms with Crippen LogP contribution in [0.25, 0.3) is 0 Å². The fourth-order valence-corrected chi connectivity index (χ4v) is 2.28. The van der Waals surface area contributed by atoms with Crippen LogP contribution in [0.4, 0.5) is 11.4 Å². The third-order valence-corrected chi connectivity index (χ3v) is 3.02. The number of carbonyl (C=O) groups excluding carboxylic acids is 1. The minimum absolute atomic E-state index is 0.184. The van der Waals surface area contributed by atoms with Crippen molar-refractivity contribution in [3.05, 3.63) is 23.8 Å². The van der Waals surface area contributed by atoms with Gasteiger partial charge in [-0.1, -0.05) is 13.8 Å². The number of nitrogens with two attached hydrogens (primary N) is 1. The van der Waals surface area contributed by atoms with E-state index in [2.05, 4.69) is 24.5 Å². The Kier molecular flexibility index (Phi) is 5.39. The number of nitrogen functional groups attached to an aromatic ring is 1. The zero-order chi connectivity index (χ0) is 15.3. The second-order valence-electron chi connectivity index (χ2n) is 5.83. The monoisotopic (exact) mass is 279 g/mol. The zero-order valence-corrected chi connectivity index (χ0v) is 12.7. The van der Waals surface area contributed by atoms with Crippen molar-refractivity contribution in [3.63, 3.8) is 0 Å². The lowest BCUT2D eigenvalue weighted by molar-refractivity contribution is 0.0515. The van der Waals surface area contributed by atoms with Crippen LogP contribution in [-0.4, -0.2) is 30.2 Å². The van der Waals surface area contributed by atoms with E-state index in [0.29, 0.717) is 35.8 Å². The molecule has 0 saturated heterocycles. The number of benzene rings is 1. The first-order valence-electron chi connectivity index (χ1n) is 6.83. The van der Waals surface area contributed by atoms with E-state index in [1.54, 1.807) is 32.2 Å². The molecule has 0 saturated carbocycles. The molecule has 0 fully saturated rings. The third-order valence-electron chi connectivity index (χ3n) is 3.02. The van der Waals surface area contributed by atoms with Gasteiger partial charge in [0.25, 0.3) is 5.91 Å². The molecule has 1 aromatic rings. The van der Waals surface area contributed by atoms with Crippen molar-refractivity contribution in [2.45, 2.75) is 32.8 Å². The topological polar surface area (TPSA) is 87.4 Å². The smallest absolute Gasteiger partial charge is 0.253 e. The number of aliphatic hydroxyl groups is 1. The summed E-state index contributed by atoms with van der Waals surface area (Å²) in [5.41, 5.74) is 6.64. The first-order valence-corrected chi connectivity index (χ1v) is 6.83. The van der Waals surface area contributed by atoms with Crippen molar-refractivity contribution in [2.75, 3.05) is 24.6 Å². The van der Waals surface area contributed by atoms with Gasteiger partial charge in [0.15, 0.2) is 0 Å². The summed E-state index contributed by atoms with van der Waals surface area (Å²) in [6.07, 6.45) is 0.678. The molecule has 0 heterocycles. The van der Waals surface area contributed by atoms with E-state index in [1.807, 2.05) is 0 Å². The molecule has 5 N–H and O–H groups in total.